The van der Waals surface area contributed by atoms with Gasteiger partial charge < -0.3 is 10.2 Å². The molecule has 0 aromatic heterocycles. The summed E-state index contributed by atoms with van der Waals surface area (Å²) in [5, 5.41) is 2.77. The predicted octanol–water partition coefficient (Wildman–Crippen LogP) is 1.50. The Kier molecular flexibility index (Phi) is 5.56. The molecular weight excluding hydrogens is 235 g/mol. The molecule has 0 radical (unpaired) electrons. The Morgan fingerprint density at radius 2 is 2.06 bits per heavy atom. The second-order valence-electron chi connectivity index (χ2n) is 4.90. The Labute approximate surface area is 108 Å². The number of piperazine rings is 1. The molecule has 1 aliphatic heterocycles. The maximum Gasteiger partial charge on any atom is 0.245 e. The standard InChI is InChI=1S/C13H23FN2O2/c1-4-6-10-13(18)16(8-7-14)11(9(3)5-2)12(17)15-10/h9-11H,4-8H2,1-3H3,(H,15,17). The molecular formula is C13H23FN2O2. The number of nitrogens with zero attached hydrogens (tertiary/aromatic N) is 1. The van der Waals surface area contributed by atoms with Gasteiger partial charge in [0.15, 0.2) is 0 Å². The lowest BCUT2D eigenvalue weighted by Crippen LogP contribution is -2.65. The van der Waals surface area contributed by atoms with Gasteiger partial charge in [0, 0.05) is 6.54 Å². The highest BCUT2D eigenvalue weighted by Gasteiger charge is 2.41. The normalized spacial score (nSPS) is 26.1. The van der Waals surface area contributed by atoms with Gasteiger partial charge in [0.05, 0.1) is 0 Å². The average Bonchev–Trinajstić information content (AvgIpc) is 2.35. The number of rotatable bonds is 6. The van der Waals surface area contributed by atoms with E-state index < -0.39 is 18.8 Å². The van der Waals surface area contributed by atoms with Crippen LogP contribution in [-0.4, -0.2) is 42.0 Å². The van der Waals surface area contributed by atoms with Gasteiger partial charge in [-0.2, -0.15) is 0 Å². The van der Waals surface area contributed by atoms with Crippen molar-refractivity contribution in [3.05, 3.63) is 0 Å². The number of hydrogen-bond acceptors (Lipinski definition) is 2. The van der Waals surface area contributed by atoms with E-state index in [1.807, 2.05) is 20.8 Å². The van der Waals surface area contributed by atoms with E-state index in [0.29, 0.717) is 6.42 Å². The Morgan fingerprint density at radius 1 is 1.39 bits per heavy atom. The van der Waals surface area contributed by atoms with E-state index in [1.165, 1.54) is 4.90 Å². The Hall–Kier alpha value is -1.13. The second-order valence-corrected chi connectivity index (χ2v) is 4.90. The minimum Gasteiger partial charge on any atom is -0.342 e. The van der Waals surface area contributed by atoms with Crippen molar-refractivity contribution in [1.29, 1.82) is 0 Å². The predicted molar refractivity (Wildman–Crippen MR) is 67.8 cm³/mol. The van der Waals surface area contributed by atoms with Crippen molar-refractivity contribution in [2.24, 2.45) is 5.92 Å². The first-order chi connectivity index (χ1) is 8.56. The summed E-state index contributed by atoms with van der Waals surface area (Å²) >= 11 is 0. The van der Waals surface area contributed by atoms with Gasteiger partial charge in [-0.05, 0) is 12.3 Å². The minimum atomic E-state index is -0.606. The van der Waals surface area contributed by atoms with Crippen molar-refractivity contribution in [3.8, 4) is 0 Å². The molecule has 0 spiro atoms. The smallest absolute Gasteiger partial charge is 0.245 e. The van der Waals surface area contributed by atoms with E-state index in [1.54, 1.807) is 0 Å². The summed E-state index contributed by atoms with van der Waals surface area (Å²) in [5.74, 6) is -0.238. The molecule has 0 saturated carbocycles. The fraction of sp³-hybridized carbons (Fsp3) is 0.846. The van der Waals surface area contributed by atoms with E-state index in [-0.39, 0.29) is 24.3 Å². The number of amides is 2. The molecule has 0 aromatic carbocycles. The maximum atomic E-state index is 12.6. The van der Waals surface area contributed by atoms with Gasteiger partial charge in [-0.25, -0.2) is 4.39 Å². The zero-order valence-corrected chi connectivity index (χ0v) is 11.4. The molecule has 1 heterocycles. The van der Waals surface area contributed by atoms with Crippen molar-refractivity contribution in [1.82, 2.24) is 10.2 Å². The summed E-state index contributed by atoms with van der Waals surface area (Å²) in [7, 11) is 0. The van der Waals surface area contributed by atoms with Crippen LogP contribution in [0.4, 0.5) is 4.39 Å². The molecule has 0 aliphatic carbocycles. The molecule has 18 heavy (non-hydrogen) atoms. The SMILES string of the molecule is CCCC1NC(=O)C(C(C)CC)N(CCF)C1=O. The van der Waals surface area contributed by atoms with Crippen molar-refractivity contribution in [2.45, 2.75) is 52.1 Å². The Morgan fingerprint density at radius 3 is 2.56 bits per heavy atom. The first-order valence-electron chi connectivity index (χ1n) is 6.73. The monoisotopic (exact) mass is 258 g/mol. The van der Waals surface area contributed by atoms with Crippen LogP contribution in [0.5, 0.6) is 0 Å². The third-order valence-electron chi connectivity index (χ3n) is 3.59. The van der Waals surface area contributed by atoms with Gasteiger partial charge >= 0.3 is 0 Å². The number of hydrogen-bond donors (Lipinski definition) is 1. The highest BCUT2D eigenvalue weighted by atomic mass is 19.1. The summed E-state index contributed by atoms with van der Waals surface area (Å²) in [6.45, 7) is 5.25. The minimum absolute atomic E-state index is 0.0154. The van der Waals surface area contributed by atoms with Crippen LogP contribution in [0.2, 0.25) is 0 Å². The summed E-state index contributed by atoms with van der Waals surface area (Å²) in [6, 6.07) is -0.999. The third-order valence-corrected chi connectivity index (χ3v) is 3.59. The summed E-state index contributed by atoms with van der Waals surface area (Å²) in [4.78, 5) is 25.7. The van der Waals surface area contributed by atoms with Crippen LogP contribution in [-0.2, 0) is 9.59 Å². The second kappa shape index (κ2) is 6.71. The van der Waals surface area contributed by atoms with Crippen molar-refractivity contribution in [2.75, 3.05) is 13.2 Å². The molecule has 1 saturated heterocycles. The Bertz CT molecular complexity index is 309. The lowest BCUT2D eigenvalue weighted by Gasteiger charge is -2.41. The van der Waals surface area contributed by atoms with Crippen LogP contribution in [0.25, 0.3) is 0 Å². The molecule has 1 rings (SSSR count). The van der Waals surface area contributed by atoms with Crippen LogP contribution in [0.1, 0.15) is 40.0 Å². The van der Waals surface area contributed by atoms with E-state index >= 15 is 0 Å². The molecule has 3 atom stereocenters. The van der Waals surface area contributed by atoms with Crippen LogP contribution < -0.4 is 5.32 Å². The van der Waals surface area contributed by atoms with Gasteiger partial charge in [-0.15, -0.1) is 0 Å². The lowest BCUT2D eigenvalue weighted by molar-refractivity contribution is -0.151. The van der Waals surface area contributed by atoms with Gasteiger partial charge in [-0.1, -0.05) is 33.6 Å². The van der Waals surface area contributed by atoms with Crippen molar-refractivity contribution < 1.29 is 14.0 Å². The van der Waals surface area contributed by atoms with E-state index in [0.717, 1.165) is 12.8 Å². The highest BCUT2D eigenvalue weighted by Crippen LogP contribution is 2.21. The molecule has 104 valence electrons. The lowest BCUT2D eigenvalue weighted by atomic mass is 9.92. The zero-order chi connectivity index (χ0) is 13.7. The highest BCUT2D eigenvalue weighted by molar-refractivity contribution is 5.97. The van der Waals surface area contributed by atoms with E-state index in [4.69, 9.17) is 0 Å². The fourth-order valence-corrected chi connectivity index (χ4v) is 2.41. The van der Waals surface area contributed by atoms with Crippen molar-refractivity contribution in [3.63, 3.8) is 0 Å². The summed E-state index contributed by atoms with van der Waals surface area (Å²) in [6.07, 6.45) is 2.21. The molecule has 0 aromatic rings. The largest absolute Gasteiger partial charge is 0.342 e. The number of carbonyl (C=O) groups excluding carboxylic acids is 2. The van der Waals surface area contributed by atoms with Gasteiger partial charge in [0.2, 0.25) is 11.8 Å². The van der Waals surface area contributed by atoms with Crippen molar-refractivity contribution >= 4 is 11.8 Å². The Balaban J connectivity index is 2.91. The van der Waals surface area contributed by atoms with Gasteiger partial charge in [0.1, 0.15) is 18.8 Å². The average molecular weight is 258 g/mol. The number of halogens is 1. The quantitative estimate of drug-likeness (QED) is 0.785. The molecule has 1 N–H and O–H groups in total. The maximum absolute atomic E-state index is 12.6. The van der Waals surface area contributed by atoms with Gasteiger partial charge in [-0.3, -0.25) is 9.59 Å². The third kappa shape index (κ3) is 3.00. The summed E-state index contributed by atoms with van der Waals surface area (Å²) in [5.41, 5.74) is 0. The number of alkyl halides is 1. The molecule has 2 amide bonds. The molecule has 5 heteroatoms. The summed E-state index contributed by atoms with van der Waals surface area (Å²) < 4.78 is 12.6. The molecule has 1 aliphatic rings. The first kappa shape index (κ1) is 14.9. The molecule has 0 bridgehead atoms. The van der Waals surface area contributed by atoms with Crippen LogP contribution in [0, 0.1) is 5.92 Å². The number of nitrogens with one attached hydrogen (secondary N) is 1. The van der Waals surface area contributed by atoms with E-state index in [2.05, 4.69) is 5.32 Å². The van der Waals surface area contributed by atoms with Crippen LogP contribution >= 0.6 is 0 Å². The van der Waals surface area contributed by atoms with Crippen LogP contribution in [0.15, 0.2) is 0 Å². The zero-order valence-electron chi connectivity index (χ0n) is 11.4. The topological polar surface area (TPSA) is 49.4 Å². The van der Waals surface area contributed by atoms with E-state index in [9.17, 15) is 14.0 Å². The first-order valence-corrected chi connectivity index (χ1v) is 6.73. The molecule has 1 fully saturated rings. The van der Waals surface area contributed by atoms with Crippen LogP contribution in [0.3, 0.4) is 0 Å². The fourth-order valence-electron chi connectivity index (χ4n) is 2.41. The molecule has 3 unspecified atom stereocenters. The van der Waals surface area contributed by atoms with Gasteiger partial charge in [0.25, 0.3) is 0 Å². The molecule has 4 nitrogen and oxygen atoms in total. The number of carbonyl (C=O) groups is 2.